The zero-order valence-electron chi connectivity index (χ0n) is 8.26. The highest BCUT2D eigenvalue weighted by Crippen LogP contribution is 2.17. The topological polar surface area (TPSA) is 107 Å². The number of ketones is 1. The maximum Gasteiger partial charge on any atom is 0.186 e. The molecule has 1 aromatic carbocycles. The highest BCUT2D eigenvalue weighted by atomic mass is 16.1. The van der Waals surface area contributed by atoms with Gasteiger partial charge in [-0.3, -0.25) is 4.79 Å². The van der Waals surface area contributed by atoms with Crippen molar-refractivity contribution in [2.24, 2.45) is 22.2 Å². The number of rotatable bonds is 4. The van der Waals surface area contributed by atoms with Crippen molar-refractivity contribution in [3.63, 3.8) is 0 Å². The summed E-state index contributed by atoms with van der Waals surface area (Å²) >= 11 is 0. The predicted octanol–water partition coefficient (Wildman–Crippen LogP) is -0.471. The van der Waals surface area contributed by atoms with Crippen LogP contribution in [0.5, 0.6) is 0 Å². The van der Waals surface area contributed by atoms with Gasteiger partial charge in [0.2, 0.25) is 0 Å². The Hall–Kier alpha value is -1.88. The summed E-state index contributed by atoms with van der Waals surface area (Å²) in [6.45, 7) is -0.0870. The van der Waals surface area contributed by atoms with Crippen molar-refractivity contribution < 1.29 is 4.79 Å². The van der Waals surface area contributed by atoms with Gasteiger partial charge in [0, 0.05) is 0 Å². The number of aliphatic imine (C=N–C) groups is 1. The van der Waals surface area contributed by atoms with E-state index in [2.05, 4.69) is 4.99 Å². The van der Waals surface area contributed by atoms with Crippen molar-refractivity contribution in [3.8, 4) is 0 Å². The Morgan fingerprint density at radius 2 is 1.87 bits per heavy atom. The minimum atomic E-state index is -0.693. The molecule has 0 aliphatic heterocycles. The van der Waals surface area contributed by atoms with Gasteiger partial charge in [-0.1, -0.05) is 30.3 Å². The second-order valence-corrected chi connectivity index (χ2v) is 3.04. The fraction of sp³-hybridized carbons (Fsp3) is 0.200. The van der Waals surface area contributed by atoms with E-state index in [-0.39, 0.29) is 18.3 Å². The van der Waals surface area contributed by atoms with Crippen LogP contribution in [-0.4, -0.2) is 18.3 Å². The molecule has 0 aliphatic rings. The number of benzene rings is 1. The summed E-state index contributed by atoms with van der Waals surface area (Å²) in [6.07, 6.45) is 0. The summed E-state index contributed by atoms with van der Waals surface area (Å²) in [4.78, 5) is 15.4. The molecule has 0 aliphatic carbocycles. The Labute approximate surface area is 88.0 Å². The normalized spacial score (nSPS) is 11.8. The highest BCUT2D eigenvalue weighted by molar-refractivity contribution is 5.89. The molecule has 1 rings (SSSR count). The van der Waals surface area contributed by atoms with Crippen molar-refractivity contribution in [2.45, 2.75) is 6.04 Å². The first kappa shape index (κ1) is 11.2. The number of Topliss-reactive ketones (excluding diaryl/α,β-unsaturated/α-hetero) is 1. The number of carbonyl (C=O) groups excluding carboxylic acids is 1. The maximum absolute atomic E-state index is 11.5. The van der Waals surface area contributed by atoms with Gasteiger partial charge in [-0.25, -0.2) is 4.99 Å². The van der Waals surface area contributed by atoms with E-state index in [1.165, 1.54) is 0 Å². The summed E-state index contributed by atoms with van der Waals surface area (Å²) < 4.78 is 0. The van der Waals surface area contributed by atoms with Crippen LogP contribution in [0.15, 0.2) is 35.3 Å². The molecule has 15 heavy (non-hydrogen) atoms. The zero-order valence-corrected chi connectivity index (χ0v) is 8.26. The second kappa shape index (κ2) is 5.11. The van der Waals surface area contributed by atoms with Crippen molar-refractivity contribution in [1.29, 1.82) is 0 Å². The third-order valence-corrected chi connectivity index (χ3v) is 1.90. The first-order valence-corrected chi connectivity index (χ1v) is 4.51. The maximum atomic E-state index is 11.5. The molecule has 1 atom stereocenters. The Morgan fingerprint density at radius 1 is 1.27 bits per heavy atom. The largest absolute Gasteiger partial charge is 0.370 e. The lowest BCUT2D eigenvalue weighted by Gasteiger charge is -2.10. The van der Waals surface area contributed by atoms with Gasteiger partial charge < -0.3 is 17.2 Å². The third-order valence-electron chi connectivity index (χ3n) is 1.90. The molecule has 0 spiro atoms. The summed E-state index contributed by atoms with van der Waals surface area (Å²) in [5.74, 6) is -0.333. The van der Waals surface area contributed by atoms with Gasteiger partial charge in [0.1, 0.15) is 6.04 Å². The van der Waals surface area contributed by atoms with Crippen LogP contribution in [0.2, 0.25) is 0 Å². The second-order valence-electron chi connectivity index (χ2n) is 3.04. The Kier molecular flexibility index (Phi) is 3.82. The van der Waals surface area contributed by atoms with E-state index < -0.39 is 6.04 Å². The molecule has 0 aromatic heterocycles. The molecule has 5 nitrogen and oxygen atoms in total. The van der Waals surface area contributed by atoms with Gasteiger partial charge >= 0.3 is 0 Å². The quantitative estimate of drug-likeness (QED) is 0.457. The molecule has 1 unspecified atom stereocenters. The van der Waals surface area contributed by atoms with Gasteiger partial charge in [0.15, 0.2) is 11.7 Å². The first-order chi connectivity index (χ1) is 7.15. The fourth-order valence-electron chi connectivity index (χ4n) is 1.23. The Morgan fingerprint density at radius 3 is 2.33 bits per heavy atom. The molecule has 1 aromatic rings. The molecule has 5 heteroatoms. The van der Waals surface area contributed by atoms with E-state index >= 15 is 0 Å². The van der Waals surface area contributed by atoms with Gasteiger partial charge in [0.05, 0.1) is 6.54 Å². The number of nitrogens with zero attached hydrogens (tertiary/aromatic N) is 1. The molecule has 0 amide bonds. The van der Waals surface area contributed by atoms with Crippen LogP contribution < -0.4 is 17.2 Å². The van der Waals surface area contributed by atoms with Crippen LogP contribution in [0, 0.1) is 0 Å². The standard InChI is InChI=1S/C10H14N4O/c11-6-8(15)9(14-10(12)13)7-4-2-1-3-5-7/h1-5,9H,6,11H2,(H4,12,13,14). The highest BCUT2D eigenvalue weighted by Gasteiger charge is 2.17. The summed E-state index contributed by atoms with van der Waals surface area (Å²) in [7, 11) is 0. The van der Waals surface area contributed by atoms with E-state index in [1.807, 2.05) is 18.2 Å². The molecule has 0 heterocycles. The van der Waals surface area contributed by atoms with Gasteiger partial charge in [-0.2, -0.15) is 0 Å². The lowest BCUT2D eigenvalue weighted by molar-refractivity contribution is -0.119. The van der Waals surface area contributed by atoms with Crippen molar-refractivity contribution in [2.75, 3.05) is 6.54 Å². The van der Waals surface area contributed by atoms with E-state index in [0.717, 1.165) is 5.56 Å². The summed E-state index contributed by atoms with van der Waals surface area (Å²) in [5, 5.41) is 0. The van der Waals surface area contributed by atoms with Crippen LogP contribution in [0.25, 0.3) is 0 Å². The lowest BCUT2D eigenvalue weighted by atomic mass is 10.0. The Balaban J connectivity index is 3.02. The van der Waals surface area contributed by atoms with E-state index in [0.29, 0.717) is 0 Å². The van der Waals surface area contributed by atoms with Gasteiger partial charge in [-0.05, 0) is 5.56 Å². The third kappa shape index (κ3) is 3.07. The van der Waals surface area contributed by atoms with Crippen molar-refractivity contribution >= 4 is 11.7 Å². The van der Waals surface area contributed by atoms with Gasteiger partial charge in [0.25, 0.3) is 0 Å². The van der Waals surface area contributed by atoms with Crippen LogP contribution in [0.1, 0.15) is 11.6 Å². The average Bonchev–Trinajstić information content (AvgIpc) is 2.26. The number of hydrogen-bond acceptors (Lipinski definition) is 3. The fourth-order valence-corrected chi connectivity index (χ4v) is 1.23. The molecular weight excluding hydrogens is 192 g/mol. The molecule has 0 fully saturated rings. The van der Waals surface area contributed by atoms with E-state index in [4.69, 9.17) is 17.2 Å². The van der Waals surface area contributed by atoms with Crippen LogP contribution >= 0.6 is 0 Å². The Bertz CT molecular complexity index is 357. The molecule has 80 valence electrons. The molecule has 0 bridgehead atoms. The summed E-state index contributed by atoms with van der Waals surface area (Å²) in [5.41, 5.74) is 16.5. The average molecular weight is 206 g/mol. The van der Waals surface area contributed by atoms with Crippen LogP contribution in [0.3, 0.4) is 0 Å². The number of carbonyl (C=O) groups is 1. The molecule has 0 saturated carbocycles. The van der Waals surface area contributed by atoms with E-state index in [9.17, 15) is 4.79 Å². The first-order valence-electron chi connectivity index (χ1n) is 4.51. The minimum absolute atomic E-state index is 0.0870. The number of nitrogens with two attached hydrogens (primary N) is 3. The van der Waals surface area contributed by atoms with Crippen LogP contribution in [0.4, 0.5) is 0 Å². The molecule has 0 saturated heterocycles. The SMILES string of the molecule is NCC(=O)C(N=C(N)N)c1ccccc1. The monoisotopic (exact) mass is 206 g/mol. The smallest absolute Gasteiger partial charge is 0.186 e. The minimum Gasteiger partial charge on any atom is -0.370 e. The van der Waals surface area contributed by atoms with Crippen LogP contribution in [-0.2, 0) is 4.79 Å². The van der Waals surface area contributed by atoms with E-state index in [1.54, 1.807) is 12.1 Å². The zero-order chi connectivity index (χ0) is 11.3. The van der Waals surface area contributed by atoms with Gasteiger partial charge in [-0.15, -0.1) is 0 Å². The van der Waals surface area contributed by atoms with Crippen molar-refractivity contribution in [1.82, 2.24) is 0 Å². The molecule has 0 radical (unpaired) electrons. The molecule has 6 N–H and O–H groups in total. The van der Waals surface area contributed by atoms with Crippen molar-refractivity contribution in [3.05, 3.63) is 35.9 Å². The number of guanidine groups is 1. The predicted molar refractivity (Wildman–Crippen MR) is 59.1 cm³/mol. The summed E-state index contributed by atoms with van der Waals surface area (Å²) in [6, 6.07) is 8.35. The molecular formula is C10H14N4O. The lowest BCUT2D eigenvalue weighted by Crippen LogP contribution is -2.28. The number of hydrogen-bond donors (Lipinski definition) is 3.